The monoisotopic (exact) mass is 267 g/mol. The Kier molecular flexibility index (Phi) is 4.54. The molecule has 1 heterocycles. The summed E-state index contributed by atoms with van der Waals surface area (Å²) >= 11 is 0. The number of carboxylic acid groups (broad SMARTS) is 1. The van der Waals surface area contributed by atoms with Gasteiger partial charge in [-0.3, -0.25) is 4.79 Å². The van der Waals surface area contributed by atoms with Crippen molar-refractivity contribution in [3.8, 4) is 0 Å². The van der Waals surface area contributed by atoms with Crippen LogP contribution in [0.3, 0.4) is 0 Å². The van der Waals surface area contributed by atoms with Crippen molar-refractivity contribution >= 4 is 5.97 Å². The van der Waals surface area contributed by atoms with Crippen molar-refractivity contribution in [3.63, 3.8) is 0 Å². The summed E-state index contributed by atoms with van der Waals surface area (Å²) < 4.78 is 0. The van der Waals surface area contributed by atoms with E-state index < -0.39 is 5.97 Å². The van der Waals surface area contributed by atoms with Gasteiger partial charge in [0.15, 0.2) is 0 Å². The number of hydrogen-bond acceptors (Lipinski definition) is 2. The first-order valence-electron chi connectivity index (χ1n) is 7.85. The van der Waals surface area contributed by atoms with Crippen molar-refractivity contribution in [2.45, 2.75) is 65.2 Å². The molecule has 0 atom stereocenters. The van der Waals surface area contributed by atoms with Gasteiger partial charge in [-0.05, 0) is 43.1 Å². The van der Waals surface area contributed by atoms with Gasteiger partial charge in [0.05, 0.1) is 0 Å². The van der Waals surface area contributed by atoms with Crippen LogP contribution in [0.4, 0.5) is 0 Å². The highest BCUT2D eigenvalue weighted by molar-refractivity contribution is 5.66. The average Bonchev–Trinajstić information content (AvgIpc) is 2.33. The van der Waals surface area contributed by atoms with Crippen LogP contribution in [-0.4, -0.2) is 35.6 Å². The number of aliphatic carboxylic acids is 1. The summed E-state index contributed by atoms with van der Waals surface area (Å²) in [5.41, 5.74) is 0.831. The second-order valence-electron chi connectivity index (χ2n) is 7.58. The molecule has 1 saturated carbocycles. The summed E-state index contributed by atoms with van der Waals surface area (Å²) in [5, 5.41) is 8.77. The number of nitrogens with zero attached hydrogens (tertiary/aromatic N) is 1. The summed E-state index contributed by atoms with van der Waals surface area (Å²) in [5.74, 6) is -0.668. The van der Waals surface area contributed by atoms with Crippen LogP contribution in [0.15, 0.2) is 0 Å². The zero-order valence-corrected chi connectivity index (χ0v) is 12.6. The van der Waals surface area contributed by atoms with E-state index in [9.17, 15) is 4.79 Å². The molecule has 0 aromatic rings. The van der Waals surface area contributed by atoms with Crippen molar-refractivity contribution in [1.82, 2.24) is 4.90 Å². The van der Waals surface area contributed by atoms with E-state index in [1.54, 1.807) is 0 Å². The molecule has 3 heteroatoms. The fourth-order valence-corrected chi connectivity index (χ4v) is 3.71. The van der Waals surface area contributed by atoms with E-state index in [1.165, 1.54) is 45.2 Å². The highest BCUT2D eigenvalue weighted by Crippen LogP contribution is 2.44. The van der Waals surface area contributed by atoms with Crippen LogP contribution >= 0.6 is 0 Å². The summed E-state index contributed by atoms with van der Waals surface area (Å²) in [6, 6.07) is 0. The smallest absolute Gasteiger partial charge is 0.303 e. The Morgan fingerprint density at radius 3 is 2.37 bits per heavy atom. The van der Waals surface area contributed by atoms with Gasteiger partial charge in [-0.2, -0.15) is 0 Å². The summed E-state index contributed by atoms with van der Waals surface area (Å²) in [6.45, 7) is 8.14. The van der Waals surface area contributed by atoms with E-state index in [0.717, 1.165) is 19.4 Å². The highest BCUT2D eigenvalue weighted by Gasteiger charge is 2.43. The number of carbonyl (C=O) groups is 1. The molecular weight excluding hydrogens is 238 g/mol. The fourth-order valence-electron chi connectivity index (χ4n) is 3.71. The maximum atomic E-state index is 10.6. The third-order valence-corrected chi connectivity index (χ3v) is 5.15. The molecule has 1 aliphatic carbocycles. The average molecular weight is 267 g/mol. The number of likely N-dealkylation sites (tertiary alicyclic amines) is 1. The van der Waals surface area contributed by atoms with Gasteiger partial charge in [0.1, 0.15) is 0 Å². The molecular formula is C16H29NO2. The van der Waals surface area contributed by atoms with Crippen molar-refractivity contribution in [2.75, 3.05) is 19.6 Å². The molecule has 0 unspecified atom stereocenters. The van der Waals surface area contributed by atoms with Gasteiger partial charge >= 0.3 is 5.97 Å². The third kappa shape index (κ3) is 4.20. The van der Waals surface area contributed by atoms with E-state index >= 15 is 0 Å². The van der Waals surface area contributed by atoms with Crippen LogP contribution < -0.4 is 0 Å². The number of rotatable bonds is 6. The second kappa shape index (κ2) is 5.82. The van der Waals surface area contributed by atoms with E-state index in [4.69, 9.17) is 5.11 Å². The molecule has 110 valence electrons. The lowest BCUT2D eigenvalue weighted by atomic mass is 9.68. The minimum Gasteiger partial charge on any atom is -0.481 e. The van der Waals surface area contributed by atoms with Gasteiger partial charge in [-0.1, -0.05) is 33.1 Å². The zero-order chi connectivity index (χ0) is 13.9. The van der Waals surface area contributed by atoms with Crippen molar-refractivity contribution < 1.29 is 9.90 Å². The van der Waals surface area contributed by atoms with E-state index in [1.807, 2.05) is 0 Å². The van der Waals surface area contributed by atoms with E-state index in [0.29, 0.717) is 11.8 Å². The Morgan fingerprint density at radius 1 is 1.16 bits per heavy atom. The fraction of sp³-hybridized carbons (Fsp3) is 0.938. The standard InChI is InChI=1S/C16H29NO2/c1-15(2,9-6-14(18)19)10-11-17-12-16(13-17)7-4-3-5-8-16/h3-13H2,1-2H3,(H,18,19). The molecule has 19 heavy (non-hydrogen) atoms. The van der Waals surface area contributed by atoms with Gasteiger partial charge in [0.2, 0.25) is 0 Å². The van der Waals surface area contributed by atoms with Crippen LogP contribution in [0, 0.1) is 10.8 Å². The highest BCUT2D eigenvalue weighted by atomic mass is 16.4. The topological polar surface area (TPSA) is 40.5 Å². The predicted molar refractivity (Wildman–Crippen MR) is 77.2 cm³/mol. The summed E-state index contributed by atoms with van der Waals surface area (Å²) in [4.78, 5) is 13.2. The molecule has 0 aromatic carbocycles. The summed E-state index contributed by atoms with van der Waals surface area (Å²) in [6.07, 6.45) is 9.38. The molecule has 0 bridgehead atoms. The number of carboxylic acids is 1. The zero-order valence-electron chi connectivity index (χ0n) is 12.6. The quantitative estimate of drug-likeness (QED) is 0.800. The molecule has 0 radical (unpaired) electrons. The minimum absolute atomic E-state index is 0.160. The van der Waals surface area contributed by atoms with Gasteiger partial charge in [0, 0.05) is 19.5 Å². The molecule has 0 amide bonds. The van der Waals surface area contributed by atoms with Crippen LogP contribution in [0.5, 0.6) is 0 Å². The first-order valence-corrected chi connectivity index (χ1v) is 7.85. The Balaban J connectivity index is 1.65. The maximum Gasteiger partial charge on any atom is 0.303 e. The van der Waals surface area contributed by atoms with Crippen LogP contribution in [0.2, 0.25) is 0 Å². The minimum atomic E-state index is -0.668. The maximum absolute atomic E-state index is 10.6. The van der Waals surface area contributed by atoms with Crippen LogP contribution in [0.25, 0.3) is 0 Å². The summed E-state index contributed by atoms with van der Waals surface area (Å²) in [7, 11) is 0. The molecule has 3 nitrogen and oxygen atoms in total. The van der Waals surface area contributed by atoms with Crippen LogP contribution in [-0.2, 0) is 4.79 Å². The van der Waals surface area contributed by atoms with Gasteiger partial charge in [-0.25, -0.2) is 0 Å². The lowest BCUT2D eigenvalue weighted by molar-refractivity contribution is -0.137. The molecule has 1 aliphatic heterocycles. The first-order chi connectivity index (χ1) is 8.91. The van der Waals surface area contributed by atoms with Crippen molar-refractivity contribution in [3.05, 3.63) is 0 Å². The SMILES string of the molecule is CC(C)(CCC(=O)O)CCN1CC2(CCCCC2)C1. The lowest BCUT2D eigenvalue weighted by Gasteiger charge is -2.53. The first kappa shape index (κ1) is 14.8. The Bertz CT molecular complexity index is 311. The van der Waals surface area contributed by atoms with Crippen LogP contribution in [0.1, 0.15) is 65.2 Å². The molecule has 2 aliphatic rings. The lowest BCUT2D eigenvalue weighted by Crippen LogP contribution is -2.57. The molecule has 2 rings (SSSR count). The Hall–Kier alpha value is -0.570. The van der Waals surface area contributed by atoms with Gasteiger partial charge < -0.3 is 10.0 Å². The molecule has 1 saturated heterocycles. The third-order valence-electron chi connectivity index (χ3n) is 5.15. The second-order valence-corrected chi connectivity index (χ2v) is 7.58. The van der Waals surface area contributed by atoms with Gasteiger partial charge in [-0.15, -0.1) is 0 Å². The molecule has 0 aromatic heterocycles. The Morgan fingerprint density at radius 2 is 1.79 bits per heavy atom. The largest absolute Gasteiger partial charge is 0.481 e. The van der Waals surface area contributed by atoms with Crippen molar-refractivity contribution in [2.24, 2.45) is 10.8 Å². The molecule has 2 fully saturated rings. The predicted octanol–water partition coefficient (Wildman–Crippen LogP) is 3.53. The Labute approximate surface area is 117 Å². The van der Waals surface area contributed by atoms with E-state index in [-0.39, 0.29) is 5.41 Å². The number of hydrogen-bond donors (Lipinski definition) is 1. The molecule has 1 N–H and O–H groups in total. The molecule has 1 spiro atoms. The normalized spacial score (nSPS) is 23.3. The van der Waals surface area contributed by atoms with E-state index in [2.05, 4.69) is 18.7 Å². The van der Waals surface area contributed by atoms with Gasteiger partial charge in [0.25, 0.3) is 0 Å². The van der Waals surface area contributed by atoms with Crippen molar-refractivity contribution in [1.29, 1.82) is 0 Å².